The lowest BCUT2D eigenvalue weighted by atomic mass is 9.96. The van der Waals surface area contributed by atoms with Crippen molar-refractivity contribution in [3.05, 3.63) is 58.9 Å². The molecule has 2 amide bonds. The van der Waals surface area contributed by atoms with Crippen molar-refractivity contribution in [3.8, 4) is 11.5 Å². The summed E-state index contributed by atoms with van der Waals surface area (Å²) in [5.41, 5.74) is -0.114. The summed E-state index contributed by atoms with van der Waals surface area (Å²) in [6.45, 7) is 5.98. The minimum atomic E-state index is -0.995. The van der Waals surface area contributed by atoms with E-state index in [2.05, 4.69) is 4.90 Å². The number of ether oxygens (including phenoxy) is 3. The molecular formula is C28H35ClFN3O5. The first-order valence-electron chi connectivity index (χ1n) is 12.9. The summed E-state index contributed by atoms with van der Waals surface area (Å²) < 4.78 is 31.3. The smallest absolute Gasteiger partial charge is 0.226 e. The maximum Gasteiger partial charge on any atom is 0.226 e. The molecule has 2 aromatic carbocycles. The van der Waals surface area contributed by atoms with Crippen molar-refractivity contribution in [1.29, 1.82) is 0 Å². The summed E-state index contributed by atoms with van der Waals surface area (Å²) in [5.74, 6) is 0.460. The van der Waals surface area contributed by atoms with Gasteiger partial charge in [0.15, 0.2) is 0 Å². The fraction of sp³-hybridized carbons (Fsp3) is 0.500. The Kier molecular flexibility index (Phi) is 9.46. The Hall–Kier alpha value is -2.88. The van der Waals surface area contributed by atoms with Crippen LogP contribution in [-0.4, -0.2) is 98.3 Å². The van der Waals surface area contributed by atoms with Gasteiger partial charge >= 0.3 is 0 Å². The first kappa shape index (κ1) is 28.1. The van der Waals surface area contributed by atoms with Gasteiger partial charge in [0.1, 0.15) is 29.5 Å². The molecule has 0 radical (unpaired) electrons. The normalized spacial score (nSPS) is 20.3. The van der Waals surface area contributed by atoms with Crippen LogP contribution in [0.1, 0.15) is 18.4 Å². The van der Waals surface area contributed by atoms with Crippen LogP contribution >= 0.6 is 11.6 Å². The van der Waals surface area contributed by atoms with Crippen molar-refractivity contribution in [2.75, 3.05) is 66.1 Å². The number of rotatable bonds is 9. The molecule has 8 nitrogen and oxygen atoms in total. The number of amides is 2. The zero-order valence-electron chi connectivity index (χ0n) is 22.0. The van der Waals surface area contributed by atoms with E-state index in [9.17, 15) is 14.0 Å². The Balaban J connectivity index is 1.42. The van der Waals surface area contributed by atoms with Gasteiger partial charge in [-0.25, -0.2) is 4.39 Å². The van der Waals surface area contributed by atoms with Gasteiger partial charge in [0.25, 0.3) is 0 Å². The predicted octanol–water partition coefficient (Wildman–Crippen LogP) is 3.40. The van der Waals surface area contributed by atoms with Crippen molar-refractivity contribution in [2.45, 2.75) is 25.4 Å². The van der Waals surface area contributed by atoms with E-state index in [4.69, 9.17) is 25.8 Å². The van der Waals surface area contributed by atoms with E-state index < -0.39 is 11.4 Å². The Bertz CT molecular complexity index is 1130. The number of morpholine rings is 1. The Morgan fingerprint density at radius 3 is 2.50 bits per heavy atom. The summed E-state index contributed by atoms with van der Waals surface area (Å²) in [7, 11) is 2.04. The van der Waals surface area contributed by atoms with E-state index in [0.717, 1.165) is 18.7 Å². The standard InChI is InChI=1S/C28H35ClFN3O5/c1-21-16-24(6-7-25(21)29)37-20-28(18-27(35)32-11-9-31(2)10-12-32)19-33(13-15-38-28)26(34)8-14-36-23-5-3-4-22(30)17-23/h3-7,16-17H,8-15,18-20H2,1-2H3/t28-/m0/s1. The van der Waals surface area contributed by atoms with Crippen molar-refractivity contribution in [1.82, 2.24) is 14.7 Å². The van der Waals surface area contributed by atoms with Crippen LogP contribution in [0.15, 0.2) is 42.5 Å². The van der Waals surface area contributed by atoms with Crippen LogP contribution in [0.3, 0.4) is 0 Å². The Morgan fingerprint density at radius 2 is 1.76 bits per heavy atom. The second kappa shape index (κ2) is 12.8. The van der Waals surface area contributed by atoms with Crippen LogP contribution in [0.25, 0.3) is 0 Å². The van der Waals surface area contributed by atoms with Crippen molar-refractivity contribution < 1.29 is 28.2 Å². The third kappa shape index (κ3) is 7.58. The van der Waals surface area contributed by atoms with Gasteiger partial charge in [-0.05, 0) is 49.9 Å². The monoisotopic (exact) mass is 547 g/mol. The van der Waals surface area contributed by atoms with Crippen molar-refractivity contribution >= 4 is 23.4 Å². The topological polar surface area (TPSA) is 71.6 Å². The largest absolute Gasteiger partial charge is 0.493 e. The zero-order valence-corrected chi connectivity index (χ0v) is 22.7. The van der Waals surface area contributed by atoms with Crippen LogP contribution < -0.4 is 9.47 Å². The summed E-state index contributed by atoms with van der Waals surface area (Å²) >= 11 is 6.16. The highest BCUT2D eigenvalue weighted by atomic mass is 35.5. The van der Waals surface area contributed by atoms with Gasteiger partial charge in [-0.2, -0.15) is 0 Å². The molecule has 10 heteroatoms. The van der Waals surface area contributed by atoms with E-state index in [1.54, 1.807) is 29.2 Å². The minimum absolute atomic E-state index is 0.0160. The number of carbonyl (C=O) groups is 2. The lowest BCUT2D eigenvalue weighted by Gasteiger charge is -2.43. The number of carbonyl (C=O) groups excluding carboxylic acids is 2. The zero-order chi connectivity index (χ0) is 27.1. The molecule has 2 saturated heterocycles. The van der Waals surface area contributed by atoms with Gasteiger partial charge in [-0.1, -0.05) is 17.7 Å². The highest BCUT2D eigenvalue weighted by Gasteiger charge is 2.42. The highest BCUT2D eigenvalue weighted by molar-refractivity contribution is 6.31. The number of halogens is 2. The van der Waals surface area contributed by atoms with E-state index in [0.29, 0.717) is 36.2 Å². The van der Waals surface area contributed by atoms with Crippen molar-refractivity contribution in [3.63, 3.8) is 0 Å². The second-order valence-corrected chi connectivity index (χ2v) is 10.4. The highest BCUT2D eigenvalue weighted by Crippen LogP contribution is 2.28. The van der Waals surface area contributed by atoms with E-state index in [1.165, 1.54) is 12.1 Å². The molecule has 1 atom stereocenters. The van der Waals surface area contributed by atoms with Crippen LogP contribution in [0, 0.1) is 12.7 Å². The first-order valence-corrected chi connectivity index (χ1v) is 13.3. The summed E-state index contributed by atoms with van der Waals surface area (Å²) in [4.78, 5) is 32.1. The van der Waals surface area contributed by atoms with Crippen molar-refractivity contribution in [2.24, 2.45) is 0 Å². The van der Waals surface area contributed by atoms with Crippen LogP contribution in [-0.2, 0) is 14.3 Å². The fourth-order valence-corrected chi connectivity index (χ4v) is 4.76. The second-order valence-electron chi connectivity index (χ2n) is 9.96. The van der Waals surface area contributed by atoms with Crippen LogP contribution in [0.4, 0.5) is 4.39 Å². The number of benzene rings is 2. The predicted molar refractivity (Wildman–Crippen MR) is 142 cm³/mol. The summed E-state index contributed by atoms with van der Waals surface area (Å²) in [5, 5.41) is 0.642. The molecule has 2 aromatic rings. The summed E-state index contributed by atoms with van der Waals surface area (Å²) in [6, 6.07) is 11.2. The molecule has 0 aliphatic carbocycles. The molecule has 38 heavy (non-hydrogen) atoms. The molecule has 0 bridgehead atoms. The number of hydrogen-bond acceptors (Lipinski definition) is 6. The Morgan fingerprint density at radius 1 is 1.00 bits per heavy atom. The van der Waals surface area contributed by atoms with Gasteiger partial charge in [-0.15, -0.1) is 0 Å². The van der Waals surface area contributed by atoms with E-state index in [-0.39, 0.29) is 51.0 Å². The molecule has 0 aromatic heterocycles. The van der Waals surface area contributed by atoms with E-state index in [1.807, 2.05) is 24.9 Å². The average Bonchev–Trinajstić information content (AvgIpc) is 2.90. The molecule has 206 valence electrons. The van der Waals surface area contributed by atoms with Gasteiger partial charge in [0, 0.05) is 43.8 Å². The van der Waals surface area contributed by atoms with Crippen LogP contribution in [0.2, 0.25) is 5.02 Å². The average molecular weight is 548 g/mol. The SMILES string of the molecule is Cc1cc(OC[C@]2(CC(=O)N3CCN(C)CC3)CN(C(=O)CCOc3cccc(F)c3)CCO2)ccc1Cl. The number of nitrogens with zero attached hydrogens (tertiary/aromatic N) is 3. The van der Waals surface area contributed by atoms with Gasteiger partial charge in [-0.3, -0.25) is 9.59 Å². The number of piperazine rings is 1. The maximum atomic E-state index is 13.4. The fourth-order valence-electron chi connectivity index (χ4n) is 4.64. The molecular weight excluding hydrogens is 513 g/mol. The van der Waals surface area contributed by atoms with E-state index >= 15 is 0 Å². The van der Waals surface area contributed by atoms with Gasteiger partial charge in [0.2, 0.25) is 11.8 Å². The third-order valence-corrected chi connectivity index (χ3v) is 7.37. The molecule has 0 spiro atoms. The third-order valence-electron chi connectivity index (χ3n) is 6.94. The van der Waals surface area contributed by atoms with Gasteiger partial charge < -0.3 is 28.9 Å². The molecule has 0 unspecified atom stereocenters. The van der Waals surface area contributed by atoms with Crippen LogP contribution in [0.5, 0.6) is 11.5 Å². The molecule has 2 aliphatic rings. The molecule has 2 aliphatic heterocycles. The molecule has 2 fully saturated rings. The number of aryl methyl sites for hydroxylation is 1. The molecule has 0 N–H and O–H groups in total. The van der Waals surface area contributed by atoms with Gasteiger partial charge in [0.05, 0.1) is 32.6 Å². The molecule has 0 saturated carbocycles. The minimum Gasteiger partial charge on any atom is -0.493 e. The number of hydrogen-bond donors (Lipinski definition) is 0. The first-order chi connectivity index (χ1) is 18.2. The maximum absolute atomic E-state index is 13.4. The quantitative estimate of drug-likeness (QED) is 0.479. The Labute approximate surface area is 228 Å². The molecule has 2 heterocycles. The number of likely N-dealkylation sites (N-methyl/N-ethyl adjacent to an activating group) is 1. The molecule has 4 rings (SSSR count). The lowest BCUT2D eigenvalue weighted by molar-refractivity contribution is -0.166. The summed E-state index contributed by atoms with van der Waals surface area (Å²) in [6.07, 6.45) is 0.225. The lowest BCUT2D eigenvalue weighted by Crippen LogP contribution is -2.59.